The van der Waals surface area contributed by atoms with Gasteiger partial charge in [-0.3, -0.25) is 0 Å². The molecule has 1 heterocycles. The van der Waals surface area contributed by atoms with Crippen LogP contribution in [0, 0.1) is 0 Å². The van der Waals surface area contributed by atoms with Crippen molar-refractivity contribution in [1.29, 1.82) is 0 Å². The maximum atomic E-state index is 9.67. The second-order valence-electron chi connectivity index (χ2n) is 4.66. The molecule has 0 saturated heterocycles. The van der Waals surface area contributed by atoms with Gasteiger partial charge in [0.2, 0.25) is 0 Å². The van der Waals surface area contributed by atoms with Crippen LogP contribution >= 0.6 is 27.7 Å². The van der Waals surface area contributed by atoms with E-state index < -0.39 is 6.10 Å². The molecular formula is C16H13BrN2OS. The largest absolute Gasteiger partial charge is 0.389 e. The lowest BCUT2D eigenvalue weighted by Crippen LogP contribution is -1.92. The molecule has 2 aromatic carbocycles. The molecule has 0 aliphatic rings. The van der Waals surface area contributed by atoms with Crippen molar-refractivity contribution in [3.05, 3.63) is 58.8 Å². The summed E-state index contributed by atoms with van der Waals surface area (Å²) in [6.07, 6.45) is 1.10. The highest BCUT2D eigenvalue weighted by molar-refractivity contribution is 9.10. The van der Waals surface area contributed by atoms with Crippen LogP contribution in [0.5, 0.6) is 0 Å². The van der Waals surface area contributed by atoms with Crippen molar-refractivity contribution in [2.24, 2.45) is 0 Å². The van der Waals surface area contributed by atoms with E-state index in [0.29, 0.717) is 0 Å². The van der Waals surface area contributed by atoms with Crippen molar-refractivity contribution in [2.45, 2.75) is 22.9 Å². The number of aliphatic hydroxyl groups excluding tert-OH is 1. The zero-order valence-corrected chi connectivity index (χ0v) is 13.7. The number of aromatic nitrogens is 2. The van der Waals surface area contributed by atoms with Crippen LogP contribution in [-0.2, 0) is 0 Å². The summed E-state index contributed by atoms with van der Waals surface area (Å²) in [6, 6.07) is 13.9. The Labute approximate surface area is 135 Å². The van der Waals surface area contributed by atoms with E-state index in [-0.39, 0.29) is 0 Å². The van der Waals surface area contributed by atoms with Gasteiger partial charge in [0.1, 0.15) is 11.4 Å². The Morgan fingerprint density at radius 3 is 2.71 bits per heavy atom. The van der Waals surface area contributed by atoms with E-state index in [1.807, 2.05) is 42.5 Å². The zero-order chi connectivity index (χ0) is 14.8. The number of para-hydroxylation sites is 1. The molecule has 0 bridgehead atoms. The van der Waals surface area contributed by atoms with E-state index in [0.717, 1.165) is 30.9 Å². The van der Waals surface area contributed by atoms with Crippen LogP contribution in [0.25, 0.3) is 10.9 Å². The van der Waals surface area contributed by atoms with Crippen LogP contribution in [0.1, 0.15) is 18.6 Å². The third kappa shape index (κ3) is 3.10. The summed E-state index contributed by atoms with van der Waals surface area (Å²) in [6.45, 7) is 1.75. The van der Waals surface area contributed by atoms with Crippen molar-refractivity contribution >= 4 is 38.6 Å². The van der Waals surface area contributed by atoms with E-state index >= 15 is 0 Å². The van der Waals surface area contributed by atoms with Crippen LogP contribution in [0.2, 0.25) is 0 Å². The first-order valence-corrected chi connectivity index (χ1v) is 8.11. The average molecular weight is 361 g/mol. The molecule has 1 N–H and O–H groups in total. The van der Waals surface area contributed by atoms with Gasteiger partial charge in [0.25, 0.3) is 0 Å². The van der Waals surface area contributed by atoms with Gasteiger partial charge < -0.3 is 5.11 Å². The van der Waals surface area contributed by atoms with Gasteiger partial charge in [0, 0.05) is 14.8 Å². The molecule has 0 fully saturated rings. The SMILES string of the molecule is CC(O)c1ccc(Sc2ncnc3ccccc23)cc1Br. The van der Waals surface area contributed by atoms with Gasteiger partial charge in [0.15, 0.2) is 0 Å². The predicted molar refractivity (Wildman–Crippen MR) is 88.4 cm³/mol. The number of rotatable bonds is 3. The average Bonchev–Trinajstić information content (AvgIpc) is 2.47. The Morgan fingerprint density at radius 1 is 1.14 bits per heavy atom. The highest BCUT2D eigenvalue weighted by atomic mass is 79.9. The quantitative estimate of drug-likeness (QED) is 0.693. The molecule has 1 unspecified atom stereocenters. The number of aliphatic hydroxyl groups is 1. The van der Waals surface area contributed by atoms with Gasteiger partial charge in [-0.25, -0.2) is 9.97 Å². The van der Waals surface area contributed by atoms with E-state index in [4.69, 9.17) is 0 Å². The fourth-order valence-electron chi connectivity index (χ4n) is 2.08. The third-order valence-corrected chi connectivity index (χ3v) is 4.84. The van der Waals surface area contributed by atoms with Crippen LogP contribution < -0.4 is 0 Å². The highest BCUT2D eigenvalue weighted by Crippen LogP contribution is 2.34. The Kier molecular flexibility index (Phi) is 4.24. The Bertz CT molecular complexity index is 787. The lowest BCUT2D eigenvalue weighted by atomic mass is 10.1. The molecule has 3 aromatic rings. The van der Waals surface area contributed by atoms with Crippen molar-refractivity contribution in [3.8, 4) is 0 Å². The van der Waals surface area contributed by atoms with E-state index in [1.165, 1.54) is 0 Å². The molecule has 0 radical (unpaired) electrons. The summed E-state index contributed by atoms with van der Waals surface area (Å²) in [4.78, 5) is 9.71. The molecular weight excluding hydrogens is 348 g/mol. The minimum atomic E-state index is -0.488. The van der Waals surface area contributed by atoms with Gasteiger partial charge in [-0.15, -0.1) is 0 Å². The molecule has 5 heteroatoms. The van der Waals surface area contributed by atoms with E-state index in [2.05, 4.69) is 25.9 Å². The summed E-state index contributed by atoms with van der Waals surface area (Å²) in [5.74, 6) is 0. The van der Waals surface area contributed by atoms with Gasteiger partial charge in [0.05, 0.1) is 11.6 Å². The van der Waals surface area contributed by atoms with Crippen LogP contribution in [0.15, 0.2) is 63.2 Å². The second-order valence-corrected chi connectivity index (χ2v) is 6.57. The Hall–Kier alpha value is -1.43. The second kappa shape index (κ2) is 6.13. The molecule has 21 heavy (non-hydrogen) atoms. The summed E-state index contributed by atoms with van der Waals surface area (Å²) >= 11 is 5.09. The molecule has 0 aliphatic carbocycles. The topological polar surface area (TPSA) is 46.0 Å². The first-order valence-electron chi connectivity index (χ1n) is 6.50. The standard InChI is InChI=1S/C16H13BrN2OS/c1-10(20)12-7-6-11(8-14(12)17)21-16-13-4-2-3-5-15(13)18-9-19-16/h2-10,20H,1H3. The van der Waals surface area contributed by atoms with Crippen molar-refractivity contribution in [1.82, 2.24) is 9.97 Å². The van der Waals surface area contributed by atoms with Crippen LogP contribution in [0.4, 0.5) is 0 Å². The number of nitrogens with zero attached hydrogens (tertiary/aromatic N) is 2. The fraction of sp³-hybridized carbons (Fsp3) is 0.125. The zero-order valence-electron chi connectivity index (χ0n) is 11.3. The monoisotopic (exact) mass is 360 g/mol. The summed E-state index contributed by atoms with van der Waals surface area (Å²) in [5, 5.41) is 11.6. The smallest absolute Gasteiger partial charge is 0.117 e. The third-order valence-electron chi connectivity index (χ3n) is 3.14. The lowest BCUT2D eigenvalue weighted by Gasteiger charge is -2.10. The normalized spacial score (nSPS) is 12.5. The molecule has 1 atom stereocenters. The predicted octanol–water partition coefficient (Wildman–Crippen LogP) is 4.60. The molecule has 0 spiro atoms. The van der Waals surface area contributed by atoms with Crippen molar-refractivity contribution < 1.29 is 5.11 Å². The summed E-state index contributed by atoms with van der Waals surface area (Å²) in [7, 11) is 0. The van der Waals surface area contributed by atoms with Crippen molar-refractivity contribution in [2.75, 3.05) is 0 Å². The van der Waals surface area contributed by atoms with Crippen molar-refractivity contribution in [3.63, 3.8) is 0 Å². The molecule has 1 aromatic heterocycles. The molecule has 3 nitrogen and oxygen atoms in total. The van der Waals surface area contributed by atoms with Gasteiger partial charge in [-0.1, -0.05) is 52.0 Å². The van der Waals surface area contributed by atoms with E-state index in [1.54, 1.807) is 25.0 Å². The minimum absolute atomic E-state index is 0.488. The Balaban J connectivity index is 1.97. The number of hydrogen-bond acceptors (Lipinski definition) is 4. The maximum absolute atomic E-state index is 9.67. The summed E-state index contributed by atoms with van der Waals surface area (Å²) in [5.41, 5.74) is 1.82. The van der Waals surface area contributed by atoms with Gasteiger partial charge in [-0.05, 0) is 30.7 Å². The fourth-order valence-corrected chi connectivity index (χ4v) is 3.86. The van der Waals surface area contributed by atoms with Gasteiger partial charge >= 0.3 is 0 Å². The first kappa shape index (κ1) is 14.5. The number of fused-ring (bicyclic) bond motifs is 1. The Morgan fingerprint density at radius 2 is 1.95 bits per heavy atom. The number of benzene rings is 2. The highest BCUT2D eigenvalue weighted by Gasteiger charge is 2.09. The lowest BCUT2D eigenvalue weighted by molar-refractivity contribution is 0.198. The summed E-state index contributed by atoms with van der Waals surface area (Å²) < 4.78 is 0.904. The van der Waals surface area contributed by atoms with E-state index in [9.17, 15) is 5.11 Å². The van der Waals surface area contributed by atoms with Gasteiger partial charge in [-0.2, -0.15) is 0 Å². The molecule has 0 saturated carbocycles. The molecule has 3 rings (SSSR count). The molecule has 0 aliphatic heterocycles. The number of halogens is 1. The first-order chi connectivity index (χ1) is 10.1. The molecule has 0 amide bonds. The maximum Gasteiger partial charge on any atom is 0.117 e. The molecule has 106 valence electrons. The van der Waals surface area contributed by atoms with Crippen LogP contribution in [0.3, 0.4) is 0 Å². The number of hydrogen-bond donors (Lipinski definition) is 1. The van der Waals surface area contributed by atoms with Crippen LogP contribution in [-0.4, -0.2) is 15.1 Å². The minimum Gasteiger partial charge on any atom is -0.389 e.